The third kappa shape index (κ3) is 2.64. The Labute approximate surface area is 148 Å². The van der Waals surface area contributed by atoms with E-state index >= 15 is 0 Å². The van der Waals surface area contributed by atoms with Crippen molar-refractivity contribution in [2.45, 2.75) is 17.9 Å². The Bertz CT molecular complexity index is 954. The highest BCUT2D eigenvalue weighted by Gasteiger charge is 2.47. The average Bonchev–Trinajstić information content (AvgIpc) is 3.21. The number of anilines is 1. The number of fused-ring (bicyclic) bond motifs is 2. The highest BCUT2D eigenvalue weighted by molar-refractivity contribution is 5.80. The molecule has 8 nitrogen and oxygen atoms in total. The predicted octanol–water partition coefficient (Wildman–Crippen LogP) is 0.406. The lowest BCUT2D eigenvalue weighted by molar-refractivity contribution is -0.136. The van der Waals surface area contributed by atoms with Crippen molar-refractivity contribution in [3.05, 3.63) is 58.5 Å². The summed E-state index contributed by atoms with van der Waals surface area (Å²) in [6.45, 7) is 1.43. The fraction of sp³-hybridized carbons (Fsp3) is 0.278. The second kappa shape index (κ2) is 5.99. The third-order valence-corrected chi connectivity index (χ3v) is 5.03. The maximum atomic E-state index is 12.5. The van der Waals surface area contributed by atoms with Crippen LogP contribution in [0.2, 0.25) is 0 Å². The second-order valence-corrected chi connectivity index (χ2v) is 6.65. The van der Waals surface area contributed by atoms with Gasteiger partial charge < -0.3 is 21.1 Å². The van der Waals surface area contributed by atoms with Gasteiger partial charge in [0.1, 0.15) is 11.8 Å². The lowest BCUT2D eigenvalue weighted by Gasteiger charge is -2.22. The number of nitrogens with zero attached hydrogens (tertiary/aromatic N) is 1. The number of esters is 1. The Balaban J connectivity index is 1.48. The van der Waals surface area contributed by atoms with E-state index in [1.807, 2.05) is 18.2 Å². The molecule has 0 saturated carbocycles. The number of para-hydroxylation sites is 1. The number of rotatable bonds is 2. The standard InChI is InChI=1S/C18H18N4O4/c19-17(25)22-6-5-11(7-15(22)23)26-16(24)14-8-18(10-21-14)9-20-13-4-2-1-3-12(13)18/h1-7,14,20-21H,8-10H2,(H2,19,25). The van der Waals surface area contributed by atoms with Crippen molar-refractivity contribution in [1.29, 1.82) is 0 Å². The Morgan fingerprint density at radius 1 is 1.23 bits per heavy atom. The van der Waals surface area contributed by atoms with Crippen molar-refractivity contribution in [3.8, 4) is 5.75 Å². The summed E-state index contributed by atoms with van der Waals surface area (Å²) in [4.78, 5) is 35.3. The van der Waals surface area contributed by atoms with Gasteiger partial charge in [0.2, 0.25) is 0 Å². The number of hydrogen-bond donors (Lipinski definition) is 3. The van der Waals surface area contributed by atoms with E-state index in [9.17, 15) is 14.4 Å². The molecule has 8 heteroatoms. The minimum absolute atomic E-state index is 0.0881. The zero-order chi connectivity index (χ0) is 18.3. The molecule has 134 valence electrons. The highest BCUT2D eigenvalue weighted by Crippen LogP contribution is 2.42. The van der Waals surface area contributed by atoms with Crippen molar-refractivity contribution < 1.29 is 14.3 Å². The van der Waals surface area contributed by atoms with Crippen molar-refractivity contribution in [1.82, 2.24) is 9.88 Å². The Hall–Kier alpha value is -3.13. The number of benzene rings is 1. The molecule has 3 heterocycles. The van der Waals surface area contributed by atoms with Gasteiger partial charge in [0.05, 0.1) is 0 Å². The van der Waals surface area contributed by atoms with Crippen molar-refractivity contribution >= 4 is 17.7 Å². The van der Waals surface area contributed by atoms with Gasteiger partial charge in [0.25, 0.3) is 5.56 Å². The van der Waals surface area contributed by atoms with Crippen molar-refractivity contribution in [2.75, 3.05) is 18.4 Å². The van der Waals surface area contributed by atoms with E-state index in [1.54, 1.807) is 0 Å². The van der Waals surface area contributed by atoms with E-state index in [2.05, 4.69) is 16.7 Å². The number of ether oxygens (including phenoxy) is 1. The van der Waals surface area contributed by atoms with Crippen molar-refractivity contribution in [2.24, 2.45) is 5.73 Å². The van der Waals surface area contributed by atoms with Gasteiger partial charge in [0.15, 0.2) is 0 Å². The summed E-state index contributed by atoms with van der Waals surface area (Å²) in [5.41, 5.74) is 6.58. The second-order valence-electron chi connectivity index (χ2n) is 6.65. The molecule has 4 N–H and O–H groups in total. The number of primary amides is 1. The molecular weight excluding hydrogens is 336 g/mol. The molecule has 2 aliphatic rings. The maximum Gasteiger partial charge on any atom is 0.328 e. The minimum atomic E-state index is -0.889. The van der Waals surface area contributed by atoms with Crippen LogP contribution in [0.5, 0.6) is 5.75 Å². The molecule has 1 aromatic heterocycles. The fourth-order valence-corrected chi connectivity index (χ4v) is 3.71. The van der Waals surface area contributed by atoms with E-state index < -0.39 is 23.6 Å². The van der Waals surface area contributed by atoms with E-state index in [-0.39, 0.29) is 11.2 Å². The topological polar surface area (TPSA) is 115 Å². The number of carbonyl (C=O) groups is 2. The normalized spacial score (nSPS) is 23.5. The molecule has 1 fully saturated rings. The predicted molar refractivity (Wildman–Crippen MR) is 94.3 cm³/mol. The molecule has 2 aromatic rings. The van der Waals surface area contributed by atoms with Crippen LogP contribution in [0.4, 0.5) is 10.5 Å². The maximum absolute atomic E-state index is 12.5. The molecule has 2 atom stereocenters. The molecule has 26 heavy (non-hydrogen) atoms. The van der Waals surface area contributed by atoms with E-state index in [1.165, 1.54) is 17.8 Å². The minimum Gasteiger partial charge on any atom is -0.425 e. The van der Waals surface area contributed by atoms with Crippen LogP contribution in [-0.4, -0.2) is 35.7 Å². The summed E-state index contributed by atoms with van der Waals surface area (Å²) in [7, 11) is 0. The van der Waals surface area contributed by atoms with Crippen LogP contribution in [0.25, 0.3) is 0 Å². The number of nitrogens with one attached hydrogen (secondary N) is 2. The molecule has 0 aliphatic carbocycles. The SMILES string of the molecule is NC(=O)n1ccc(OC(=O)C2CC3(CNc4ccccc43)CN2)cc1=O. The van der Waals surface area contributed by atoms with Crippen LogP contribution in [0.3, 0.4) is 0 Å². The van der Waals surface area contributed by atoms with Gasteiger partial charge >= 0.3 is 12.0 Å². The summed E-state index contributed by atoms with van der Waals surface area (Å²) < 4.78 is 6.05. The molecule has 2 unspecified atom stereocenters. The van der Waals surface area contributed by atoms with E-state index in [0.29, 0.717) is 13.0 Å². The first-order chi connectivity index (χ1) is 12.5. The summed E-state index contributed by atoms with van der Waals surface area (Å²) in [5, 5.41) is 6.61. The monoisotopic (exact) mass is 354 g/mol. The third-order valence-electron chi connectivity index (χ3n) is 5.03. The van der Waals surface area contributed by atoms with Crippen LogP contribution in [0.1, 0.15) is 12.0 Å². The zero-order valence-corrected chi connectivity index (χ0v) is 13.9. The Morgan fingerprint density at radius 2 is 2.04 bits per heavy atom. The zero-order valence-electron chi connectivity index (χ0n) is 13.9. The van der Waals surface area contributed by atoms with Crippen molar-refractivity contribution in [3.63, 3.8) is 0 Å². The molecule has 4 rings (SSSR count). The molecule has 2 aliphatic heterocycles. The Morgan fingerprint density at radius 3 is 2.81 bits per heavy atom. The van der Waals surface area contributed by atoms with Crippen LogP contribution >= 0.6 is 0 Å². The molecule has 1 spiro atoms. The molecular formula is C18H18N4O4. The number of carbonyl (C=O) groups excluding carboxylic acids is 2. The average molecular weight is 354 g/mol. The first kappa shape index (κ1) is 16.3. The lowest BCUT2D eigenvalue weighted by Crippen LogP contribution is -2.35. The number of hydrogen-bond acceptors (Lipinski definition) is 6. The van der Waals surface area contributed by atoms with Crippen LogP contribution in [-0.2, 0) is 10.2 Å². The van der Waals surface area contributed by atoms with Crippen LogP contribution in [0.15, 0.2) is 47.4 Å². The molecule has 0 radical (unpaired) electrons. The number of amides is 1. The van der Waals surface area contributed by atoms with E-state index in [4.69, 9.17) is 10.5 Å². The summed E-state index contributed by atoms with van der Waals surface area (Å²) in [6.07, 6.45) is 1.79. The first-order valence-corrected chi connectivity index (χ1v) is 8.29. The Kier molecular flexibility index (Phi) is 3.77. The fourth-order valence-electron chi connectivity index (χ4n) is 3.71. The van der Waals surface area contributed by atoms with Gasteiger partial charge in [-0.25, -0.2) is 14.2 Å². The van der Waals surface area contributed by atoms with Gasteiger partial charge in [-0.1, -0.05) is 18.2 Å². The van der Waals surface area contributed by atoms with Gasteiger partial charge in [-0.2, -0.15) is 0 Å². The number of aromatic nitrogens is 1. The smallest absolute Gasteiger partial charge is 0.328 e. The quantitative estimate of drug-likeness (QED) is 0.673. The van der Waals surface area contributed by atoms with Gasteiger partial charge in [-0.05, 0) is 24.1 Å². The van der Waals surface area contributed by atoms with Gasteiger partial charge in [-0.15, -0.1) is 0 Å². The van der Waals surface area contributed by atoms with Crippen LogP contribution in [0, 0.1) is 0 Å². The molecule has 1 aromatic carbocycles. The highest BCUT2D eigenvalue weighted by atomic mass is 16.5. The first-order valence-electron chi connectivity index (χ1n) is 8.29. The van der Waals surface area contributed by atoms with Crippen LogP contribution < -0.4 is 26.7 Å². The summed E-state index contributed by atoms with van der Waals surface area (Å²) in [6, 6.07) is 9.15. The lowest BCUT2D eigenvalue weighted by atomic mass is 9.80. The molecule has 1 amide bonds. The van der Waals surface area contributed by atoms with E-state index in [0.717, 1.165) is 22.9 Å². The van der Waals surface area contributed by atoms with Gasteiger partial charge in [-0.3, -0.25) is 4.79 Å². The number of nitrogens with two attached hydrogens (primary N) is 1. The summed E-state index contributed by atoms with van der Waals surface area (Å²) in [5.74, 6) is -0.368. The molecule has 1 saturated heterocycles. The van der Waals surface area contributed by atoms with Gasteiger partial charge in [0, 0.05) is 36.5 Å². The largest absolute Gasteiger partial charge is 0.425 e. The molecule has 0 bridgehead atoms. The number of pyridine rings is 1. The summed E-state index contributed by atoms with van der Waals surface area (Å²) >= 11 is 0.